The summed E-state index contributed by atoms with van der Waals surface area (Å²) in [6, 6.07) is -1.09. The summed E-state index contributed by atoms with van der Waals surface area (Å²) in [7, 11) is 0. The van der Waals surface area contributed by atoms with Gasteiger partial charge in [0.1, 0.15) is 17.2 Å². The first-order chi connectivity index (χ1) is 15.0. The standard InChI is InChI=1S/C20H27ClN4O6S/c1-11(2)16-18(28)30-12(6-4-5-7-21)8-14(26)23-9-15-24-13(10-32-15)17(27)31-20(3,22)19(29)25-16/h4,6,10-12,16H,5,7-9,22H2,1-3H3,(H,23,26)(H,25,29)/b6-4+/t12-,16+,20?/m1/s1. The maximum atomic E-state index is 12.8. The highest BCUT2D eigenvalue weighted by Gasteiger charge is 2.38. The van der Waals surface area contributed by atoms with Crippen molar-refractivity contribution in [2.45, 2.75) is 58.0 Å². The summed E-state index contributed by atoms with van der Waals surface area (Å²) in [6.45, 7) is 4.67. The Morgan fingerprint density at radius 1 is 1.38 bits per heavy atom. The maximum Gasteiger partial charge on any atom is 0.359 e. The highest BCUT2D eigenvalue weighted by Crippen LogP contribution is 2.16. The van der Waals surface area contributed by atoms with Gasteiger partial charge in [0.15, 0.2) is 5.69 Å². The Kier molecular flexibility index (Phi) is 9.17. The molecule has 0 saturated carbocycles. The predicted molar refractivity (Wildman–Crippen MR) is 118 cm³/mol. The molecule has 10 nitrogen and oxygen atoms in total. The first kappa shape index (κ1) is 25.8. The van der Waals surface area contributed by atoms with Gasteiger partial charge < -0.3 is 20.1 Å². The molecular formula is C20H27ClN4O6S. The van der Waals surface area contributed by atoms with Gasteiger partial charge >= 0.3 is 11.9 Å². The smallest absolute Gasteiger partial charge is 0.359 e. The van der Waals surface area contributed by atoms with E-state index in [1.165, 1.54) is 12.3 Å². The molecule has 3 atom stereocenters. The number of nitrogens with zero attached hydrogens (tertiary/aromatic N) is 1. The van der Waals surface area contributed by atoms with Gasteiger partial charge in [0.05, 0.1) is 13.0 Å². The molecule has 0 saturated heterocycles. The van der Waals surface area contributed by atoms with Crippen LogP contribution in [0.15, 0.2) is 17.5 Å². The van der Waals surface area contributed by atoms with Crippen molar-refractivity contribution in [3.05, 3.63) is 28.2 Å². The zero-order valence-electron chi connectivity index (χ0n) is 18.1. The minimum Gasteiger partial charge on any atom is -0.456 e. The SMILES string of the molecule is CC(C)[C@@H]1NC(=O)C(C)(N)OC(=O)c2csc(n2)CNC(=O)C[C@@H](/C=C/CCCl)OC1=O. The number of hydrogen-bond acceptors (Lipinski definition) is 9. The third-order valence-corrected chi connectivity index (χ3v) is 5.51. The minimum absolute atomic E-state index is 0.0440. The Hall–Kier alpha value is -2.50. The number of carbonyl (C=O) groups is 4. The van der Waals surface area contributed by atoms with Crippen LogP contribution < -0.4 is 16.4 Å². The van der Waals surface area contributed by atoms with Crippen molar-refractivity contribution in [3.8, 4) is 0 Å². The van der Waals surface area contributed by atoms with Crippen LogP contribution in [0.4, 0.5) is 0 Å². The van der Waals surface area contributed by atoms with Crippen LogP contribution in [-0.2, 0) is 30.4 Å². The lowest BCUT2D eigenvalue weighted by Crippen LogP contribution is -2.59. The first-order valence-corrected chi connectivity index (χ1v) is 11.4. The number of hydrogen-bond donors (Lipinski definition) is 3. The van der Waals surface area contributed by atoms with Gasteiger partial charge in [-0.15, -0.1) is 22.9 Å². The molecule has 4 N–H and O–H groups in total. The van der Waals surface area contributed by atoms with Crippen LogP contribution in [0.5, 0.6) is 0 Å². The van der Waals surface area contributed by atoms with Gasteiger partial charge in [0.25, 0.3) is 5.91 Å². The molecule has 0 radical (unpaired) electrons. The lowest BCUT2D eigenvalue weighted by Gasteiger charge is -2.28. The molecule has 0 spiro atoms. The van der Waals surface area contributed by atoms with E-state index in [1.54, 1.807) is 26.0 Å². The van der Waals surface area contributed by atoms with Crippen molar-refractivity contribution in [1.82, 2.24) is 15.6 Å². The molecule has 1 unspecified atom stereocenters. The number of thiazole rings is 1. The van der Waals surface area contributed by atoms with Crippen LogP contribution in [-0.4, -0.2) is 52.5 Å². The fourth-order valence-corrected chi connectivity index (χ4v) is 3.50. The molecule has 0 aliphatic carbocycles. The summed E-state index contributed by atoms with van der Waals surface area (Å²) >= 11 is 6.82. The Morgan fingerprint density at radius 3 is 2.75 bits per heavy atom. The quantitative estimate of drug-likeness (QED) is 0.326. The van der Waals surface area contributed by atoms with E-state index in [9.17, 15) is 19.2 Å². The Morgan fingerprint density at radius 2 is 2.09 bits per heavy atom. The van der Waals surface area contributed by atoms with E-state index in [4.69, 9.17) is 26.8 Å². The van der Waals surface area contributed by atoms with Gasteiger partial charge in [-0.2, -0.15) is 0 Å². The second kappa shape index (κ2) is 11.4. The van der Waals surface area contributed by atoms with Crippen molar-refractivity contribution in [2.24, 2.45) is 11.7 Å². The molecule has 0 fully saturated rings. The van der Waals surface area contributed by atoms with Gasteiger partial charge in [-0.3, -0.25) is 15.3 Å². The lowest BCUT2D eigenvalue weighted by atomic mass is 10.0. The minimum atomic E-state index is -2.06. The number of nitrogens with one attached hydrogen (secondary N) is 2. The van der Waals surface area contributed by atoms with E-state index in [2.05, 4.69) is 15.6 Å². The number of fused-ring (bicyclic) bond motifs is 2. The van der Waals surface area contributed by atoms with Crippen LogP contribution in [0, 0.1) is 5.92 Å². The zero-order chi connectivity index (χ0) is 23.9. The largest absolute Gasteiger partial charge is 0.456 e. The van der Waals surface area contributed by atoms with Gasteiger partial charge in [-0.05, 0) is 25.3 Å². The maximum absolute atomic E-state index is 12.8. The van der Waals surface area contributed by atoms with Gasteiger partial charge in [-0.25, -0.2) is 14.6 Å². The molecule has 1 aliphatic rings. The molecule has 176 valence electrons. The van der Waals surface area contributed by atoms with E-state index < -0.39 is 35.7 Å². The monoisotopic (exact) mass is 486 g/mol. The van der Waals surface area contributed by atoms with Crippen LogP contribution in [0.25, 0.3) is 0 Å². The first-order valence-electron chi connectivity index (χ1n) is 10.0. The lowest BCUT2D eigenvalue weighted by molar-refractivity contribution is -0.155. The summed E-state index contributed by atoms with van der Waals surface area (Å²) in [5, 5.41) is 7.05. The van der Waals surface area contributed by atoms with E-state index in [1.807, 2.05) is 0 Å². The fraction of sp³-hybridized carbons (Fsp3) is 0.550. The van der Waals surface area contributed by atoms with Crippen molar-refractivity contribution in [3.63, 3.8) is 0 Å². The summed E-state index contributed by atoms with van der Waals surface area (Å²) in [4.78, 5) is 54.4. The average molecular weight is 487 g/mol. The normalized spacial score (nSPS) is 25.9. The van der Waals surface area contributed by atoms with Crippen molar-refractivity contribution in [1.29, 1.82) is 0 Å². The molecule has 1 aliphatic heterocycles. The summed E-state index contributed by atoms with van der Waals surface area (Å²) in [5.74, 6) is -2.92. The molecule has 1 aromatic heterocycles. The zero-order valence-corrected chi connectivity index (χ0v) is 19.6. The summed E-state index contributed by atoms with van der Waals surface area (Å²) in [6.07, 6.45) is 2.81. The van der Waals surface area contributed by atoms with Crippen LogP contribution in [0.3, 0.4) is 0 Å². The number of carbonyl (C=O) groups excluding carboxylic acids is 4. The fourth-order valence-electron chi connectivity index (χ4n) is 2.67. The van der Waals surface area contributed by atoms with E-state index in [-0.39, 0.29) is 30.5 Å². The molecule has 0 aromatic carbocycles. The van der Waals surface area contributed by atoms with Crippen molar-refractivity contribution < 1.29 is 28.7 Å². The van der Waals surface area contributed by atoms with Crippen LogP contribution in [0.2, 0.25) is 0 Å². The van der Waals surface area contributed by atoms with Crippen molar-refractivity contribution in [2.75, 3.05) is 5.88 Å². The number of rotatable bonds is 4. The highest BCUT2D eigenvalue weighted by molar-refractivity contribution is 7.09. The number of esters is 2. The Labute approximate surface area is 194 Å². The molecule has 2 bridgehead atoms. The molecule has 32 heavy (non-hydrogen) atoms. The number of amides is 2. The number of allylic oxidation sites excluding steroid dienone is 1. The molecule has 2 heterocycles. The molecule has 12 heteroatoms. The van der Waals surface area contributed by atoms with E-state index in [0.717, 1.165) is 11.3 Å². The molecular weight excluding hydrogens is 460 g/mol. The highest BCUT2D eigenvalue weighted by atomic mass is 35.5. The topological polar surface area (TPSA) is 150 Å². The number of halogens is 1. The van der Waals surface area contributed by atoms with E-state index >= 15 is 0 Å². The molecule has 1 aromatic rings. The Bertz CT molecular complexity index is 885. The third-order valence-electron chi connectivity index (χ3n) is 4.44. The molecule has 2 rings (SSSR count). The number of ether oxygens (including phenoxy) is 2. The van der Waals surface area contributed by atoms with Gasteiger partial charge in [0, 0.05) is 11.3 Å². The van der Waals surface area contributed by atoms with Crippen LogP contribution >= 0.6 is 22.9 Å². The average Bonchev–Trinajstić information content (AvgIpc) is 3.18. The van der Waals surface area contributed by atoms with Crippen molar-refractivity contribution >= 4 is 46.7 Å². The third kappa shape index (κ3) is 7.28. The second-order valence-corrected chi connectivity index (χ2v) is 9.00. The summed E-state index contributed by atoms with van der Waals surface area (Å²) < 4.78 is 10.6. The van der Waals surface area contributed by atoms with Crippen LogP contribution in [0.1, 0.15) is 49.1 Å². The van der Waals surface area contributed by atoms with Gasteiger partial charge in [-0.1, -0.05) is 19.9 Å². The summed E-state index contributed by atoms with van der Waals surface area (Å²) in [5.41, 5.74) is 3.81. The second-order valence-electron chi connectivity index (χ2n) is 7.68. The number of aromatic nitrogens is 1. The number of nitrogens with two attached hydrogens (primary N) is 1. The Balaban J connectivity index is 2.36. The van der Waals surface area contributed by atoms with Gasteiger partial charge in [0.2, 0.25) is 11.6 Å². The number of cyclic esters (lactones) is 2. The van der Waals surface area contributed by atoms with E-state index in [0.29, 0.717) is 17.3 Å². The number of alkyl halides is 1. The predicted octanol–water partition coefficient (Wildman–Crippen LogP) is 1.23. The molecule has 2 amide bonds.